The van der Waals surface area contributed by atoms with Gasteiger partial charge in [-0.15, -0.1) is 0 Å². The van der Waals surface area contributed by atoms with E-state index in [1.54, 1.807) is 19.1 Å². The maximum atomic E-state index is 12.2. The first-order valence-electron chi connectivity index (χ1n) is 6.11. The number of aromatic carboxylic acids is 1. The van der Waals surface area contributed by atoms with Crippen LogP contribution in [0.4, 0.5) is 0 Å². The predicted molar refractivity (Wildman–Crippen MR) is 79.2 cm³/mol. The van der Waals surface area contributed by atoms with Crippen molar-refractivity contribution in [1.82, 2.24) is 14.9 Å². The van der Waals surface area contributed by atoms with Crippen LogP contribution in [0.2, 0.25) is 5.02 Å². The van der Waals surface area contributed by atoms with Gasteiger partial charge in [-0.25, -0.2) is 17.9 Å². The van der Waals surface area contributed by atoms with E-state index in [1.807, 2.05) is 0 Å². The van der Waals surface area contributed by atoms with Crippen LogP contribution in [-0.4, -0.2) is 29.7 Å². The van der Waals surface area contributed by atoms with Gasteiger partial charge in [0.25, 0.3) is 0 Å². The predicted octanol–water partition coefficient (Wildman–Crippen LogP) is 1.62. The Hall–Kier alpha value is -2.03. The minimum absolute atomic E-state index is 0.0625. The van der Waals surface area contributed by atoms with Crippen LogP contribution in [0, 0.1) is 6.92 Å². The van der Waals surface area contributed by atoms with Crippen LogP contribution in [0.1, 0.15) is 21.7 Å². The SMILES string of the molecule is Cc1ccc(CNS(=O)(=O)c2cc(C(=O)O)ccc2Cl)nn1. The molecule has 0 saturated carbocycles. The molecule has 2 rings (SSSR count). The van der Waals surface area contributed by atoms with Gasteiger partial charge in [0.1, 0.15) is 4.90 Å². The Bertz CT molecular complexity index is 807. The van der Waals surface area contributed by atoms with Crippen molar-refractivity contribution in [1.29, 1.82) is 0 Å². The van der Waals surface area contributed by atoms with Gasteiger partial charge in [0, 0.05) is 0 Å². The van der Waals surface area contributed by atoms with Crippen LogP contribution >= 0.6 is 11.6 Å². The number of rotatable bonds is 5. The van der Waals surface area contributed by atoms with Crippen molar-refractivity contribution < 1.29 is 18.3 Å². The number of halogens is 1. The van der Waals surface area contributed by atoms with Gasteiger partial charge in [-0.3, -0.25) is 0 Å². The molecule has 0 aliphatic carbocycles. The molecule has 0 fully saturated rings. The highest BCUT2D eigenvalue weighted by molar-refractivity contribution is 7.89. The van der Waals surface area contributed by atoms with Gasteiger partial charge in [-0.05, 0) is 37.3 Å². The number of aromatic nitrogens is 2. The van der Waals surface area contributed by atoms with Crippen molar-refractivity contribution in [2.75, 3.05) is 0 Å². The monoisotopic (exact) mass is 341 g/mol. The summed E-state index contributed by atoms with van der Waals surface area (Å²) in [5, 5.41) is 16.5. The summed E-state index contributed by atoms with van der Waals surface area (Å²) in [7, 11) is -3.97. The standard InChI is InChI=1S/C13H12ClN3O4S/c1-8-2-4-10(17-16-8)7-15-22(20,21)12-6-9(13(18)19)3-5-11(12)14/h2-6,15H,7H2,1H3,(H,18,19). The third-order valence-electron chi connectivity index (χ3n) is 2.76. The summed E-state index contributed by atoms with van der Waals surface area (Å²) < 4.78 is 26.8. The summed E-state index contributed by atoms with van der Waals surface area (Å²) in [6.07, 6.45) is 0. The van der Waals surface area contributed by atoms with Gasteiger partial charge < -0.3 is 5.11 Å². The van der Waals surface area contributed by atoms with Gasteiger partial charge in [0.2, 0.25) is 10.0 Å². The molecule has 0 saturated heterocycles. The second kappa shape index (κ2) is 6.39. The summed E-state index contributed by atoms with van der Waals surface area (Å²) in [5.74, 6) is -1.24. The molecule has 1 aromatic carbocycles. The first-order chi connectivity index (χ1) is 10.3. The zero-order chi connectivity index (χ0) is 16.3. The van der Waals surface area contributed by atoms with Crippen molar-refractivity contribution in [2.24, 2.45) is 0 Å². The normalized spacial score (nSPS) is 11.4. The Morgan fingerprint density at radius 1 is 1.27 bits per heavy atom. The fourth-order valence-corrected chi connectivity index (χ4v) is 3.13. The van der Waals surface area contributed by atoms with E-state index < -0.39 is 16.0 Å². The molecule has 116 valence electrons. The minimum atomic E-state index is -3.97. The van der Waals surface area contributed by atoms with E-state index in [1.165, 1.54) is 12.1 Å². The Kier molecular flexibility index (Phi) is 4.74. The summed E-state index contributed by atoms with van der Waals surface area (Å²) in [5.41, 5.74) is 0.975. The van der Waals surface area contributed by atoms with Gasteiger partial charge in [0.05, 0.1) is 28.5 Å². The average molecular weight is 342 g/mol. The fourth-order valence-electron chi connectivity index (χ4n) is 1.61. The van der Waals surface area contributed by atoms with Crippen LogP contribution in [0.15, 0.2) is 35.2 Å². The number of carboxylic acid groups (broad SMARTS) is 1. The molecule has 2 N–H and O–H groups in total. The van der Waals surface area contributed by atoms with E-state index >= 15 is 0 Å². The number of aryl methyl sites for hydroxylation is 1. The lowest BCUT2D eigenvalue weighted by molar-refractivity contribution is 0.0696. The second-order valence-electron chi connectivity index (χ2n) is 4.44. The highest BCUT2D eigenvalue weighted by Crippen LogP contribution is 2.22. The van der Waals surface area contributed by atoms with Gasteiger partial charge >= 0.3 is 5.97 Å². The van der Waals surface area contributed by atoms with Gasteiger partial charge in [0.15, 0.2) is 0 Å². The molecule has 0 spiro atoms. The molecule has 1 heterocycles. The van der Waals surface area contributed by atoms with E-state index in [2.05, 4.69) is 14.9 Å². The molecule has 0 amide bonds. The number of benzene rings is 1. The van der Waals surface area contributed by atoms with Crippen LogP contribution in [0.3, 0.4) is 0 Å². The molecule has 0 bridgehead atoms. The van der Waals surface area contributed by atoms with Crippen LogP contribution in [0.25, 0.3) is 0 Å². The third kappa shape index (κ3) is 3.79. The number of nitrogens with one attached hydrogen (secondary N) is 1. The molecule has 0 radical (unpaired) electrons. The minimum Gasteiger partial charge on any atom is -0.478 e. The maximum absolute atomic E-state index is 12.2. The van der Waals surface area contributed by atoms with E-state index in [9.17, 15) is 13.2 Å². The average Bonchev–Trinajstić information content (AvgIpc) is 2.46. The molecule has 22 heavy (non-hydrogen) atoms. The summed E-state index contributed by atoms with van der Waals surface area (Å²) in [6.45, 7) is 1.68. The summed E-state index contributed by atoms with van der Waals surface area (Å²) >= 11 is 5.85. The highest BCUT2D eigenvalue weighted by Gasteiger charge is 2.20. The quantitative estimate of drug-likeness (QED) is 0.855. The molecule has 7 nitrogen and oxygen atoms in total. The van der Waals surface area contributed by atoms with Crippen LogP contribution < -0.4 is 4.72 Å². The molecule has 0 aliphatic heterocycles. The Morgan fingerprint density at radius 3 is 2.59 bits per heavy atom. The number of hydrogen-bond acceptors (Lipinski definition) is 5. The lowest BCUT2D eigenvalue weighted by Crippen LogP contribution is -2.24. The molecule has 0 atom stereocenters. The molecular formula is C13H12ClN3O4S. The van der Waals surface area contributed by atoms with E-state index in [-0.39, 0.29) is 22.0 Å². The molecule has 0 unspecified atom stereocenters. The topological polar surface area (TPSA) is 109 Å². The Labute approximate surface area is 132 Å². The zero-order valence-corrected chi connectivity index (χ0v) is 13.0. The first-order valence-corrected chi connectivity index (χ1v) is 7.97. The largest absolute Gasteiger partial charge is 0.478 e. The zero-order valence-electron chi connectivity index (χ0n) is 11.4. The van der Waals surface area contributed by atoms with Crippen molar-refractivity contribution in [2.45, 2.75) is 18.4 Å². The third-order valence-corrected chi connectivity index (χ3v) is 4.65. The number of nitrogens with zero attached hydrogens (tertiary/aromatic N) is 2. The summed E-state index contributed by atoms with van der Waals surface area (Å²) in [4.78, 5) is 10.6. The first kappa shape index (κ1) is 16.3. The number of hydrogen-bond donors (Lipinski definition) is 2. The van der Waals surface area contributed by atoms with Crippen molar-refractivity contribution in [3.63, 3.8) is 0 Å². The smallest absolute Gasteiger partial charge is 0.335 e. The molecular weight excluding hydrogens is 330 g/mol. The van der Waals surface area contributed by atoms with Gasteiger partial charge in [-0.1, -0.05) is 11.6 Å². The van der Waals surface area contributed by atoms with E-state index in [0.29, 0.717) is 11.4 Å². The molecule has 9 heteroatoms. The Balaban J connectivity index is 2.25. The molecule has 1 aromatic heterocycles. The summed E-state index contributed by atoms with van der Waals surface area (Å²) in [6, 6.07) is 6.81. The molecule has 2 aromatic rings. The number of sulfonamides is 1. The number of carboxylic acids is 1. The van der Waals surface area contributed by atoms with E-state index in [4.69, 9.17) is 16.7 Å². The second-order valence-corrected chi connectivity index (χ2v) is 6.58. The molecule has 0 aliphatic rings. The maximum Gasteiger partial charge on any atom is 0.335 e. The van der Waals surface area contributed by atoms with Crippen molar-refractivity contribution in [3.8, 4) is 0 Å². The van der Waals surface area contributed by atoms with E-state index in [0.717, 1.165) is 6.07 Å². The Morgan fingerprint density at radius 2 is 2.00 bits per heavy atom. The van der Waals surface area contributed by atoms with Crippen LogP contribution in [-0.2, 0) is 16.6 Å². The highest BCUT2D eigenvalue weighted by atomic mass is 35.5. The van der Waals surface area contributed by atoms with Crippen molar-refractivity contribution >= 4 is 27.6 Å². The van der Waals surface area contributed by atoms with Crippen molar-refractivity contribution in [3.05, 3.63) is 52.3 Å². The lowest BCUT2D eigenvalue weighted by Gasteiger charge is -2.08. The van der Waals surface area contributed by atoms with Gasteiger partial charge in [-0.2, -0.15) is 10.2 Å². The van der Waals surface area contributed by atoms with Crippen LogP contribution in [0.5, 0.6) is 0 Å². The number of carbonyl (C=O) groups is 1. The fraction of sp³-hybridized carbons (Fsp3) is 0.154. The lowest BCUT2D eigenvalue weighted by atomic mass is 10.2.